The molecular formula is C35H32N6O6. The van der Waals surface area contributed by atoms with Gasteiger partial charge >= 0.3 is 0 Å². The number of carbonyl (C=O) groups is 3. The Morgan fingerprint density at radius 2 is 1.89 bits per heavy atom. The molecule has 8 rings (SSSR count). The van der Waals surface area contributed by atoms with Crippen molar-refractivity contribution in [3.05, 3.63) is 108 Å². The van der Waals surface area contributed by atoms with Gasteiger partial charge in [0.2, 0.25) is 0 Å². The molecule has 2 atom stereocenters. The average molecular weight is 633 g/mol. The maximum atomic E-state index is 13.8. The number of fused-ring (bicyclic) bond motifs is 8. The second kappa shape index (κ2) is 12.5. The molecule has 12 nitrogen and oxygen atoms in total. The minimum atomic E-state index is -0.596. The van der Waals surface area contributed by atoms with Crippen LogP contribution in [0.1, 0.15) is 31.8 Å². The highest BCUT2D eigenvalue weighted by Crippen LogP contribution is 2.32. The number of rotatable bonds is 2. The van der Waals surface area contributed by atoms with Crippen LogP contribution in [0.5, 0.6) is 17.2 Å². The molecule has 5 aromatic rings. The van der Waals surface area contributed by atoms with Gasteiger partial charge in [0, 0.05) is 24.8 Å². The second-order valence-electron chi connectivity index (χ2n) is 11.5. The van der Waals surface area contributed by atoms with Crippen molar-refractivity contribution in [1.82, 2.24) is 30.1 Å². The van der Waals surface area contributed by atoms with E-state index in [0.29, 0.717) is 34.0 Å². The molecule has 0 radical (unpaired) electrons. The molecule has 0 unspecified atom stereocenters. The number of pyridine rings is 1. The lowest BCUT2D eigenvalue weighted by Crippen LogP contribution is -2.45. The summed E-state index contributed by atoms with van der Waals surface area (Å²) in [6.07, 6.45) is 2.47. The van der Waals surface area contributed by atoms with Gasteiger partial charge in [-0.25, -0.2) is 9.50 Å². The number of nitrogens with one attached hydrogen (secondary N) is 2. The summed E-state index contributed by atoms with van der Waals surface area (Å²) in [6.45, 7) is 2.50. The molecule has 12 heteroatoms. The molecule has 3 aromatic carbocycles. The monoisotopic (exact) mass is 632 g/mol. The van der Waals surface area contributed by atoms with Gasteiger partial charge < -0.3 is 29.7 Å². The van der Waals surface area contributed by atoms with Gasteiger partial charge in [-0.3, -0.25) is 14.4 Å². The summed E-state index contributed by atoms with van der Waals surface area (Å²) in [5.41, 5.74) is 4.98. The summed E-state index contributed by atoms with van der Waals surface area (Å²) in [5, 5.41) is 10.2. The number of amides is 3. The minimum Gasteiger partial charge on any atom is -0.493 e. The number of ether oxygens (including phenoxy) is 3. The summed E-state index contributed by atoms with van der Waals surface area (Å²) >= 11 is 0. The van der Waals surface area contributed by atoms with Crippen LogP contribution in [0.2, 0.25) is 0 Å². The SMILES string of the molecule is COc1cc2ccc1O[C@H]1CN(C(=O)c3ccc4ncnn4c3)C[C@@H]1NC(=O)c1ccc(C)c(c1)-c1cccc(c1)OCC(=O)NC2. The lowest BCUT2D eigenvalue weighted by molar-refractivity contribution is -0.123. The summed E-state index contributed by atoms with van der Waals surface area (Å²) in [7, 11) is 1.53. The van der Waals surface area contributed by atoms with Crippen LogP contribution in [0.25, 0.3) is 16.8 Å². The van der Waals surface area contributed by atoms with Crippen molar-refractivity contribution in [1.29, 1.82) is 0 Å². The second-order valence-corrected chi connectivity index (χ2v) is 11.5. The van der Waals surface area contributed by atoms with Crippen LogP contribution in [0, 0.1) is 6.92 Å². The van der Waals surface area contributed by atoms with Crippen molar-refractivity contribution in [3.63, 3.8) is 0 Å². The summed E-state index contributed by atoms with van der Waals surface area (Å²) < 4.78 is 19.5. The smallest absolute Gasteiger partial charge is 0.258 e. The molecule has 6 bridgehead atoms. The third kappa shape index (κ3) is 6.17. The minimum absolute atomic E-state index is 0.159. The zero-order valence-corrected chi connectivity index (χ0v) is 25.8. The van der Waals surface area contributed by atoms with Crippen LogP contribution in [0.4, 0.5) is 0 Å². The van der Waals surface area contributed by atoms with Crippen molar-refractivity contribution in [2.75, 3.05) is 26.8 Å². The number of nitrogens with zero attached hydrogens (tertiary/aromatic N) is 4. The fraction of sp³-hybridized carbons (Fsp3) is 0.229. The fourth-order valence-corrected chi connectivity index (χ4v) is 5.89. The number of aryl methyl sites for hydroxylation is 1. The summed E-state index contributed by atoms with van der Waals surface area (Å²) in [6, 6.07) is 21.2. The molecular weight excluding hydrogens is 600 g/mol. The van der Waals surface area contributed by atoms with Gasteiger partial charge in [0.1, 0.15) is 18.2 Å². The Labute approximate surface area is 270 Å². The highest BCUT2D eigenvalue weighted by atomic mass is 16.5. The first-order valence-corrected chi connectivity index (χ1v) is 15.2. The zero-order valence-electron chi connectivity index (χ0n) is 25.8. The Morgan fingerprint density at radius 3 is 2.77 bits per heavy atom. The first kappa shape index (κ1) is 29.8. The predicted molar refractivity (Wildman–Crippen MR) is 172 cm³/mol. The predicted octanol–water partition coefficient (Wildman–Crippen LogP) is 3.42. The molecule has 0 aliphatic carbocycles. The molecule has 0 spiro atoms. The molecule has 2 N–H and O–H groups in total. The molecule has 0 saturated carbocycles. The molecule has 238 valence electrons. The highest BCUT2D eigenvalue weighted by molar-refractivity contribution is 5.97. The van der Waals surface area contributed by atoms with Crippen molar-refractivity contribution in [2.45, 2.75) is 25.6 Å². The van der Waals surface area contributed by atoms with Crippen molar-refractivity contribution in [3.8, 4) is 28.4 Å². The number of carbonyl (C=O) groups excluding carboxylic acids is 3. The van der Waals surface area contributed by atoms with Crippen LogP contribution in [0.3, 0.4) is 0 Å². The number of aromatic nitrogens is 3. The van der Waals surface area contributed by atoms with Crippen LogP contribution < -0.4 is 24.8 Å². The quantitative estimate of drug-likeness (QED) is 0.302. The van der Waals surface area contributed by atoms with Gasteiger partial charge in [-0.2, -0.15) is 5.10 Å². The summed E-state index contributed by atoms with van der Waals surface area (Å²) in [5.74, 6) is 0.624. The Morgan fingerprint density at radius 1 is 1.00 bits per heavy atom. The van der Waals surface area contributed by atoms with E-state index in [2.05, 4.69) is 20.7 Å². The molecule has 3 aliphatic heterocycles. The lowest BCUT2D eigenvalue weighted by Gasteiger charge is -2.23. The summed E-state index contributed by atoms with van der Waals surface area (Å²) in [4.78, 5) is 45.9. The maximum Gasteiger partial charge on any atom is 0.258 e. The fourth-order valence-electron chi connectivity index (χ4n) is 5.89. The number of benzene rings is 3. The van der Waals surface area contributed by atoms with E-state index in [0.717, 1.165) is 22.3 Å². The normalized spacial score (nSPS) is 18.0. The average Bonchev–Trinajstić information content (AvgIpc) is 3.73. The highest BCUT2D eigenvalue weighted by Gasteiger charge is 2.39. The number of likely N-dealkylation sites (tertiary alicyclic amines) is 1. The third-order valence-electron chi connectivity index (χ3n) is 8.40. The Hall–Kier alpha value is -5.91. The van der Waals surface area contributed by atoms with E-state index in [4.69, 9.17) is 14.2 Å². The Kier molecular flexibility index (Phi) is 7.90. The van der Waals surface area contributed by atoms with Crippen LogP contribution >= 0.6 is 0 Å². The van der Waals surface area contributed by atoms with E-state index >= 15 is 0 Å². The molecule has 1 fully saturated rings. The van der Waals surface area contributed by atoms with Crippen LogP contribution in [0.15, 0.2) is 85.3 Å². The van der Waals surface area contributed by atoms with Crippen molar-refractivity contribution >= 4 is 23.4 Å². The number of hydrogen-bond donors (Lipinski definition) is 2. The molecule has 3 aliphatic rings. The molecule has 5 heterocycles. The Balaban J connectivity index is 1.24. The van der Waals surface area contributed by atoms with E-state index in [9.17, 15) is 14.4 Å². The molecule has 47 heavy (non-hydrogen) atoms. The number of hydrogen-bond acceptors (Lipinski definition) is 8. The van der Waals surface area contributed by atoms with Gasteiger partial charge in [-0.05, 0) is 77.7 Å². The standard InChI is InChI=1S/C35H32N6O6/c1-21-6-8-24-14-27(21)23-4-3-5-26(13-23)46-19-33(42)36-15-22-7-10-29(30(12-22)45-2)47-31-18-40(17-28(31)39-34(24)43)35(44)25-9-11-32-37-20-38-41(32)16-25/h3-14,16,20,28,31H,15,17-19H2,1-2H3,(H,36,42)(H,39,43)/t28-,31-/m0/s1. The number of methoxy groups -OCH3 is 1. The van der Waals surface area contributed by atoms with Gasteiger partial charge in [-0.1, -0.05) is 24.3 Å². The van der Waals surface area contributed by atoms with E-state index < -0.39 is 12.1 Å². The molecule has 2 aromatic heterocycles. The topological polar surface area (TPSA) is 136 Å². The van der Waals surface area contributed by atoms with E-state index in [1.54, 1.807) is 52.0 Å². The van der Waals surface area contributed by atoms with Crippen LogP contribution in [-0.2, 0) is 11.3 Å². The lowest BCUT2D eigenvalue weighted by atomic mass is 9.97. The van der Waals surface area contributed by atoms with Gasteiger partial charge in [0.05, 0.1) is 25.3 Å². The Bertz CT molecular complexity index is 2010. The van der Waals surface area contributed by atoms with E-state index in [1.807, 2.05) is 43.3 Å². The molecule has 1 saturated heterocycles. The van der Waals surface area contributed by atoms with Crippen LogP contribution in [-0.4, -0.2) is 76.2 Å². The third-order valence-corrected chi connectivity index (χ3v) is 8.40. The largest absolute Gasteiger partial charge is 0.493 e. The zero-order chi connectivity index (χ0) is 32.5. The van der Waals surface area contributed by atoms with Crippen molar-refractivity contribution < 1.29 is 28.6 Å². The first-order chi connectivity index (χ1) is 22.8. The van der Waals surface area contributed by atoms with E-state index in [-0.39, 0.29) is 44.0 Å². The van der Waals surface area contributed by atoms with Gasteiger partial charge in [0.25, 0.3) is 17.7 Å². The van der Waals surface area contributed by atoms with E-state index in [1.165, 1.54) is 13.4 Å². The maximum absolute atomic E-state index is 13.8. The van der Waals surface area contributed by atoms with Gasteiger partial charge in [-0.15, -0.1) is 0 Å². The first-order valence-electron chi connectivity index (χ1n) is 15.2. The molecule has 3 amide bonds. The van der Waals surface area contributed by atoms with Gasteiger partial charge in [0.15, 0.2) is 23.8 Å². The van der Waals surface area contributed by atoms with Crippen molar-refractivity contribution in [2.24, 2.45) is 0 Å².